The van der Waals surface area contributed by atoms with Gasteiger partial charge in [-0.05, 0) is 32.3 Å². The summed E-state index contributed by atoms with van der Waals surface area (Å²) < 4.78 is 5.76. The van der Waals surface area contributed by atoms with Crippen molar-refractivity contribution in [1.29, 1.82) is 0 Å². The largest absolute Gasteiger partial charge is 0.493 e. The third-order valence-corrected chi connectivity index (χ3v) is 5.36. The van der Waals surface area contributed by atoms with Crippen molar-refractivity contribution in [3.8, 4) is 5.75 Å². The third kappa shape index (κ3) is 3.08. The quantitative estimate of drug-likeness (QED) is 0.901. The summed E-state index contributed by atoms with van der Waals surface area (Å²) in [4.78, 5) is 14.9. The zero-order valence-corrected chi connectivity index (χ0v) is 14.4. The fourth-order valence-electron chi connectivity index (χ4n) is 3.94. The summed E-state index contributed by atoms with van der Waals surface area (Å²) >= 11 is 0. The van der Waals surface area contributed by atoms with E-state index in [1.807, 2.05) is 35.5 Å². The molecule has 3 atom stereocenters. The van der Waals surface area contributed by atoms with Crippen LogP contribution in [-0.4, -0.2) is 40.3 Å². The number of hydrogen-bond donors (Lipinski definition) is 2. The molecule has 6 heteroatoms. The summed E-state index contributed by atoms with van der Waals surface area (Å²) in [6.45, 7) is 3.46. The number of carbonyl (C=O) groups excluding carboxylic acids is 1. The van der Waals surface area contributed by atoms with Crippen molar-refractivity contribution in [2.45, 2.75) is 44.2 Å². The number of para-hydroxylation sites is 1. The van der Waals surface area contributed by atoms with Gasteiger partial charge in [-0.25, -0.2) is 4.79 Å². The molecule has 0 spiro atoms. The molecule has 25 heavy (non-hydrogen) atoms. The second kappa shape index (κ2) is 6.78. The number of rotatable bonds is 3. The molecule has 2 aliphatic heterocycles. The van der Waals surface area contributed by atoms with Crippen LogP contribution in [0.4, 0.5) is 4.79 Å². The Labute approximate surface area is 147 Å². The number of aromatic amines is 1. The maximum Gasteiger partial charge on any atom is 0.318 e. The normalized spacial score (nSPS) is 23.6. The molecule has 2 aliphatic rings. The highest BCUT2D eigenvalue weighted by Crippen LogP contribution is 2.36. The van der Waals surface area contributed by atoms with E-state index < -0.39 is 0 Å². The van der Waals surface area contributed by atoms with Gasteiger partial charge in [0, 0.05) is 35.8 Å². The van der Waals surface area contributed by atoms with E-state index in [9.17, 15) is 4.79 Å². The summed E-state index contributed by atoms with van der Waals surface area (Å²) in [5.74, 6) is 1.13. The number of urea groups is 1. The van der Waals surface area contributed by atoms with Crippen molar-refractivity contribution in [3.05, 3.63) is 47.8 Å². The molecule has 0 aliphatic carbocycles. The van der Waals surface area contributed by atoms with Gasteiger partial charge in [0.25, 0.3) is 0 Å². The number of piperidine rings is 1. The fourth-order valence-corrected chi connectivity index (χ4v) is 3.94. The zero-order chi connectivity index (χ0) is 17.2. The Morgan fingerprint density at radius 2 is 2.28 bits per heavy atom. The maximum absolute atomic E-state index is 12.9. The zero-order valence-electron chi connectivity index (χ0n) is 14.4. The lowest BCUT2D eigenvalue weighted by molar-refractivity contribution is 0.147. The minimum absolute atomic E-state index is 0.00258. The number of nitrogens with zero attached hydrogens (tertiary/aromatic N) is 2. The molecule has 3 heterocycles. The Kier molecular flexibility index (Phi) is 4.34. The number of aromatic nitrogens is 2. The Morgan fingerprint density at radius 1 is 1.40 bits per heavy atom. The van der Waals surface area contributed by atoms with Crippen LogP contribution in [0.1, 0.15) is 49.3 Å². The Morgan fingerprint density at radius 3 is 3.12 bits per heavy atom. The van der Waals surface area contributed by atoms with Gasteiger partial charge in [-0.1, -0.05) is 18.2 Å². The molecule has 6 nitrogen and oxygen atoms in total. The second-order valence-corrected chi connectivity index (χ2v) is 6.93. The van der Waals surface area contributed by atoms with Crippen LogP contribution in [0.5, 0.6) is 5.75 Å². The topological polar surface area (TPSA) is 70.2 Å². The lowest BCUT2D eigenvalue weighted by Crippen LogP contribution is -2.48. The monoisotopic (exact) mass is 340 g/mol. The molecule has 0 radical (unpaired) electrons. The van der Waals surface area contributed by atoms with E-state index in [4.69, 9.17) is 4.74 Å². The molecular formula is C19H24N4O2. The fraction of sp³-hybridized carbons (Fsp3) is 0.474. The molecule has 2 amide bonds. The van der Waals surface area contributed by atoms with Crippen molar-refractivity contribution in [3.63, 3.8) is 0 Å². The van der Waals surface area contributed by atoms with E-state index in [2.05, 4.69) is 28.5 Å². The predicted molar refractivity (Wildman–Crippen MR) is 94.6 cm³/mol. The standard InChI is InChI=1S/C19H24N4O2/c1-13(16-12-25-18-8-3-2-6-15(16)18)22-19(24)23-9-5-4-7-17(23)14-10-20-21-11-14/h2-3,6,8,10-11,13,16-17H,4-5,7,9,12H2,1H3,(H,20,21)(H,22,24)/t13-,16-,17-/m0/s1. The van der Waals surface area contributed by atoms with Crippen LogP contribution in [0.2, 0.25) is 0 Å². The number of benzene rings is 1. The molecule has 0 unspecified atom stereocenters. The molecular weight excluding hydrogens is 316 g/mol. The minimum atomic E-state index is 0.00258. The molecule has 2 aromatic rings. The van der Waals surface area contributed by atoms with Gasteiger partial charge in [-0.15, -0.1) is 0 Å². The van der Waals surface area contributed by atoms with Gasteiger partial charge in [-0.3, -0.25) is 5.10 Å². The molecule has 1 saturated heterocycles. The van der Waals surface area contributed by atoms with E-state index in [0.717, 1.165) is 37.1 Å². The smallest absolute Gasteiger partial charge is 0.318 e. The number of hydrogen-bond acceptors (Lipinski definition) is 3. The molecule has 0 bridgehead atoms. The van der Waals surface area contributed by atoms with Crippen LogP contribution in [0.25, 0.3) is 0 Å². The first-order chi connectivity index (χ1) is 12.2. The van der Waals surface area contributed by atoms with Gasteiger partial charge in [0.2, 0.25) is 0 Å². The first-order valence-electron chi connectivity index (χ1n) is 9.01. The molecule has 1 fully saturated rings. The van der Waals surface area contributed by atoms with Crippen LogP contribution in [0, 0.1) is 0 Å². The minimum Gasteiger partial charge on any atom is -0.493 e. The van der Waals surface area contributed by atoms with Crippen molar-refractivity contribution in [1.82, 2.24) is 20.4 Å². The molecule has 1 aromatic heterocycles. The van der Waals surface area contributed by atoms with Crippen molar-refractivity contribution in [2.75, 3.05) is 13.2 Å². The lowest BCUT2D eigenvalue weighted by atomic mass is 9.94. The number of nitrogens with one attached hydrogen (secondary N) is 2. The van der Waals surface area contributed by atoms with Crippen molar-refractivity contribution < 1.29 is 9.53 Å². The number of likely N-dealkylation sites (tertiary alicyclic amines) is 1. The summed E-state index contributed by atoms with van der Waals surface area (Å²) in [5, 5.41) is 10.1. The highest BCUT2D eigenvalue weighted by molar-refractivity contribution is 5.75. The molecule has 4 rings (SSSR count). The molecule has 0 saturated carbocycles. The highest BCUT2D eigenvalue weighted by Gasteiger charge is 2.33. The number of fused-ring (bicyclic) bond motifs is 1. The van der Waals surface area contributed by atoms with Crippen LogP contribution >= 0.6 is 0 Å². The average Bonchev–Trinajstić information content (AvgIpc) is 3.31. The van der Waals surface area contributed by atoms with Gasteiger partial charge >= 0.3 is 6.03 Å². The third-order valence-electron chi connectivity index (χ3n) is 5.36. The summed E-state index contributed by atoms with van der Waals surface area (Å²) in [5.41, 5.74) is 2.26. The van der Waals surface area contributed by atoms with E-state index in [0.29, 0.717) is 6.61 Å². The number of carbonyl (C=O) groups is 1. The molecule has 1 aromatic carbocycles. The highest BCUT2D eigenvalue weighted by atomic mass is 16.5. The van der Waals surface area contributed by atoms with Crippen molar-refractivity contribution in [2.24, 2.45) is 0 Å². The average molecular weight is 340 g/mol. The van der Waals surface area contributed by atoms with E-state index in [1.165, 1.54) is 5.56 Å². The Balaban J connectivity index is 1.46. The first-order valence-corrected chi connectivity index (χ1v) is 9.01. The SMILES string of the molecule is C[C@H](NC(=O)N1CCCC[C@H]1c1cn[nH]c1)[C@@H]1COc2ccccc21. The second-order valence-electron chi connectivity index (χ2n) is 6.93. The van der Waals surface area contributed by atoms with Crippen LogP contribution in [0.3, 0.4) is 0 Å². The van der Waals surface area contributed by atoms with Gasteiger partial charge in [0.1, 0.15) is 5.75 Å². The number of ether oxygens (including phenoxy) is 1. The first kappa shape index (κ1) is 16.0. The maximum atomic E-state index is 12.9. The Bertz CT molecular complexity index is 731. The van der Waals surface area contributed by atoms with Crippen LogP contribution in [-0.2, 0) is 0 Å². The number of amides is 2. The molecule has 132 valence electrons. The Hall–Kier alpha value is -2.50. The predicted octanol–water partition coefficient (Wildman–Crippen LogP) is 3.21. The van der Waals surface area contributed by atoms with Crippen LogP contribution in [0.15, 0.2) is 36.7 Å². The van der Waals surface area contributed by atoms with E-state index >= 15 is 0 Å². The van der Waals surface area contributed by atoms with Gasteiger partial charge in [0.15, 0.2) is 0 Å². The van der Waals surface area contributed by atoms with Crippen molar-refractivity contribution >= 4 is 6.03 Å². The van der Waals surface area contributed by atoms with E-state index in [-0.39, 0.29) is 24.0 Å². The van der Waals surface area contributed by atoms with Gasteiger partial charge < -0.3 is 15.0 Å². The summed E-state index contributed by atoms with van der Waals surface area (Å²) in [6.07, 6.45) is 6.88. The molecule has 2 N–H and O–H groups in total. The summed E-state index contributed by atoms with van der Waals surface area (Å²) in [7, 11) is 0. The van der Waals surface area contributed by atoms with E-state index in [1.54, 1.807) is 0 Å². The van der Waals surface area contributed by atoms with Crippen LogP contribution < -0.4 is 10.1 Å². The lowest BCUT2D eigenvalue weighted by Gasteiger charge is -2.36. The van der Waals surface area contributed by atoms with Gasteiger partial charge in [-0.2, -0.15) is 5.10 Å². The van der Waals surface area contributed by atoms with Gasteiger partial charge in [0.05, 0.1) is 18.8 Å². The summed E-state index contributed by atoms with van der Waals surface area (Å²) in [6, 6.07) is 8.20. The number of H-pyrrole nitrogens is 1.